The topological polar surface area (TPSA) is 111 Å². The van der Waals surface area contributed by atoms with Crippen molar-refractivity contribution in [3.05, 3.63) is 72.1 Å². The molecule has 7 nitrogen and oxygen atoms in total. The van der Waals surface area contributed by atoms with Crippen molar-refractivity contribution in [3.8, 4) is 12.1 Å². The first-order valence-electron chi connectivity index (χ1n) is 8.04. The molecule has 0 aliphatic carbocycles. The Hall–Kier alpha value is -4.36. The van der Waals surface area contributed by atoms with Crippen LogP contribution in [0, 0.1) is 22.7 Å². The molecule has 2 aromatic carbocycles. The van der Waals surface area contributed by atoms with Crippen molar-refractivity contribution in [2.45, 2.75) is 0 Å². The van der Waals surface area contributed by atoms with Gasteiger partial charge in [0.15, 0.2) is 0 Å². The van der Waals surface area contributed by atoms with Gasteiger partial charge in [-0.15, -0.1) is 0 Å². The summed E-state index contributed by atoms with van der Waals surface area (Å²) in [7, 11) is 0. The van der Waals surface area contributed by atoms with Crippen LogP contribution in [0.1, 0.15) is 11.1 Å². The Morgan fingerprint density at radius 2 is 1.70 bits per heavy atom. The van der Waals surface area contributed by atoms with Gasteiger partial charge in [0.1, 0.15) is 23.7 Å². The standard InChI is InChI=1S/C20H12N6O/c21-10-13-1-3-15(4-2-13)25-20-23-8-7-19(26-20)24-16-5-6-17-14(11-22)12-27-18(17)9-16/h1-9,12H,(H2,23,24,25,26). The summed E-state index contributed by atoms with van der Waals surface area (Å²) in [5, 5.41) is 25.0. The number of benzene rings is 2. The molecule has 0 radical (unpaired) electrons. The van der Waals surface area contributed by atoms with Crippen LogP contribution in [-0.4, -0.2) is 9.97 Å². The Morgan fingerprint density at radius 3 is 2.48 bits per heavy atom. The minimum Gasteiger partial charge on any atom is -0.463 e. The van der Waals surface area contributed by atoms with Gasteiger partial charge in [0.25, 0.3) is 0 Å². The lowest BCUT2D eigenvalue weighted by Gasteiger charge is -2.08. The number of nitrogens with zero attached hydrogens (tertiary/aromatic N) is 4. The predicted molar refractivity (Wildman–Crippen MR) is 101 cm³/mol. The van der Waals surface area contributed by atoms with Gasteiger partial charge in [0.05, 0.1) is 17.2 Å². The Balaban J connectivity index is 1.53. The lowest BCUT2D eigenvalue weighted by Crippen LogP contribution is -2.00. The molecule has 128 valence electrons. The molecule has 2 N–H and O–H groups in total. The van der Waals surface area contributed by atoms with Gasteiger partial charge in [-0.25, -0.2) is 4.98 Å². The van der Waals surface area contributed by atoms with Crippen molar-refractivity contribution in [3.63, 3.8) is 0 Å². The molecular weight excluding hydrogens is 340 g/mol. The summed E-state index contributed by atoms with van der Waals surface area (Å²) in [4.78, 5) is 8.63. The molecule has 0 atom stereocenters. The van der Waals surface area contributed by atoms with Gasteiger partial charge in [-0.1, -0.05) is 0 Å². The SMILES string of the molecule is N#Cc1ccc(Nc2nccc(Nc3ccc4c(C#N)coc4c3)n2)cc1. The van der Waals surface area contributed by atoms with Crippen molar-refractivity contribution >= 4 is 34.1 Å². The minimum absolute atomic E-state index is 0.426. The molecule has 0 spiro atoms. The van der Waals surface area contributed by atoms with Gasteiger partial charge in [0, 0.05) is 29.0 Å². The fourth-order valence-corrected chi connectivity index (χ4v) is 2.59. The van der Waals surface area contributed by atoms with E-state index in [1.165, 1.54) is 6.26 Å². The van der Waals surface area contributed by atoms with Crippen LogP contribution >= 0.6 is 0 Å². The van der Waals surface area contributed by atoms with Crippen LogP contribution in [0.25, 0.3) is 11.0 Å². The Labute approximate surface area is 154 Å². The van der Waals surface area contributed by atoms with E-state index in [9.17, 15) is 0 Å². The monoisotopic (exact) mass is 352 g/mol. The van der Waals surface area contributed by atoms with E-state index >= 15 is 0 Å². The van der Waals surface area contributed by atoms with E-state index in [1.807, 2.05) is 18.2 Å². The molecule has 7 heteroatoms. The Morgan fingerprint density at radius 1 is 0.889 bits per heavy atom. The van der Waals surface area contributed by atoms with Crippen molar-refractivity contribution in [1.29, 1.82) is 10.5 Å². The van der Waals surface area contributed by atoms with E-state index in [4.69, 9.17) is 14.9 Å². The first-order valence-corrected chi connectivity index (χ1v) is 8.04. The maximum atomic E-state index is 9.04. The normalized spacial score (nSPS) is 10.1. The van der Waals surface area contributed by atoms with E-state index < -0.39 is 0 Å². The van der Waals surface area contributed by atoms with Crippen LogP contribution in [0.4, 0.5) is 23.1 Å². The lowest BCUT2D eigenvalue weighted by molar-refractivity contribution is 0.615. The van der Waals surface area contributed by atoms with Gasteiger partial charge in [-0.05, 0) is 42.5 Å². The number of nitriles is 2. The van der Waals surface area contributed by atoms with E-state index in [-0.39, 0.29) is 0 Å². The van der Waals surface area contributed by atoms with Crippen LogP contribution in [-0.2, 0) is 0 Å². The number of hydrogen-bond donors (Lipinski definition) is 2. The molecule has 0 bridgehead atoms. The van der Waals surface area contributed by atoms with E-state index in [0.717, 1.165) is 16.8 Å². The number of rotatable bonds is 4. The zero-order chi connectivity index (χ0) is 18.6. The predicted octanol–water partition coefficient (Wildman–Crippen LogP) is 4.45. The zero-order valence-electron chi connectivity index (χ0n) is 14.0. The number of nitrogens with one attached hydrogen (secondary N) is 2. The second-order valence-corrected chi connectivity index (χ2v) is 5.68. The summed E-state index contributed by atoms with van der Waals surface area (Å²) in [6.07, 6.45) is 3.08. The van der Waals surface area contributed by atoms with Crippen LogP contribution < -0.4 is 10.6 Å². The van der Waals surface area contributed by atoms with Crippen molar-refractivity contribution < 1.29 is 4.42 Å². The molecule has 0 aliphatic rings. The van der Waals surface area contributed by atoms with Crippen LogP contribution in [0.5, 0.6) is 0 Å². The summed E-state index contributed by atoms with van der Waals surface area (Å²) < 4.78 is 5.41. The largest absolute Gasteiger partial charge is 0.463 e. The summed E-state index contributed by atoms with van der Waals surface area (Å²) in [6, 6.07) is 18.4. The Kier molecular flexibility index (Phi) is 4.10. The average Bonchev–Trinajstić information content (AvgIpc) is 3.11. The molecule has 0 saturated carbocycles. The molecule has 2 heterocycles. The zero-order valence-corrected chi connectivity index (χ0v) is 14.0. The fourth-order valence-electron chi connectivity index (χ4n) is 2.59. The lowest BCUT2D eigenvalue weighted by atomic mass is 10.2. The van der Waals surface area contributed by atoms with Crippen LogP contribution in [0.2, 0.25) is 0 Å². The van der Waals surface area contributed by atoms with E-state index in [1.54, 1.807) is 36.5 Å². The molecule has 0 aliphatic heterocycles. The highest BCUT2D eigenvalue weighted by atomic mass is 16.3. The first kappa shape index (κ1) is 16.1. The van der Waals surface area contributed by atoms with Crippen LogP contribution in [0.15, 0.2) is 65.4 Å². The van der Waals surface area contributed by atoms with Gasteiger partial charge < -0.3 is 15.1 Å². The molecule has 27 heavy (non-hydrogen) atoms. The third-order valence-corrected chi connectivity index (χ3v) is 3.89. The Bertz CT molecular complexity index is 1200. The quantitative estimate of drug-likeness (QED) is 0.558. The highest BCUT2D eigenvalue weighted by molar-refractivity contribution is 5.86. The van der Waals surface area contributed by atoms with Crippen LogP contribution in [0.3, 0.4) is 0 Å². The van der Waals surface area contributed by atoms with Gasteiger partial charge in [-0.2, -0.15) is 15.5 Å². The minimum atomic E-state index is 0.426. The maximum absolute atomic E-state index is 9.04. The first-order chi connectivity index (χ1) is 13.2. The van der Waals surface area contributed by atoms with Gasteiger partial charge >= 0.3 is 0 Å². The van der Waals surface area contributed by atoms with Crippen molar-refractivity contribution in [2.24, 2.45) is 0 Å². The van der Waals surface area contributed by atoms with Gasteiger partial charge in [-0.3, -0.25) is 0 Å². The second-order valence-electron chi connectivity index (χ2n) is 5.68. The number of furan rings is 1. The molecule has 4 aromatic rings. The molecule has 0 saturated heterocycles. The van der Waals surface area contributed by atoms with Gasteiger partial charge in [0.2, 0.25) is 5.95 Å². The summed E-state index contributed by atoms with van der Waals surface area (Å²) in [6.45, 7) is 0. The van der Waals surface area contributed by atoms with E-state index in [0.29, 0.717) is 28.5 Å². The molecule has 4 rings (SSSR count). The number of aromatic nitrogens is 2. The number of anilines is 4. The maximum Gasteiger partial charge on any atom is 0.229 e. The third kappa shape index (κ3) is 3.39. The molecular formula is C20H12N6O. The highest BCUT2D eigenvalue weighted by Gasteiger charge is 2.07. The number of fused-ring (bicyclic) bond motifs is 1. The molecule has 0 unspecified atom stereocenters. The molecule has 0 amide bonds. The van der Waals surface area contributed by atoms with Crippen molar-refractivity contribution in [2.75, 3.05) is 10.6 Å². The average molecular weight is 352 g/mol. The smallest absolute Gasteiger partial charge is 0.229 e. The second kappa shape index (κ2) is 6.87. The van der Waals surface area contributed by atoms with Crippen molar-refractivity contribution in [1.82, 2.24) is 9.97 Å². The van der Waals surface area contributed by atoms with E-state index in [2.05, 4.69) is 32.7 Å². The highest BCUT2D eigenvalue weighted by Crippen LogP contribution is 2.25. The number of hydrogen-bond acceptors (Lipinski definition) is 7. The summed E-state index contributed by atoms with van der Waals surface area (Å²) in [5.41, 5.74) is 3.29. The molecule has 2 aromatic heterocycles. The molecule has 0 fully saturated rings. The fraction of sp³-hybridized carbons (Fsp3) is 0. The third-order valence-electron chi connectivity index (χ3n) is 3.89. The summed E-state index contributed by atoms with van der Waals surface area (Å²) in [5.74, 6) is 1.03. The summed E-state index contributed by atoms with van der Waals surface area (Å²) >= 11 is 0.